The molecule has 0 aliphatic rings. The molecule has 0 aliphatic carbocycles. The van der Waals surface area contributed by atoms with E-state index in [0.29, 0.717) is 23.2 Å². The van der Waals surface area contributed by atoms with Gasteiger partial charge in [0, 0.05) is 22.7 Å². The van der Waals surface area contributed by atoms with E-state index in [9.17, 15) is 4.79 Å². The van der Waals surface area contributed by atoms with Crippen LogP contribution in [-0.4, -0.2) is 23.0 Å². The van der Waals surface area contributed by atoms with Gasteiger partial charge in [-0.2, -0.15) is 0 Å². The Morgan fingerprint density at radius 1 is 1.38 bits per heavy atom. The zero-order chi connectivity index (χ0) is 15.5. The highest BCUT2D eigenvalue weighted by Gasteiger charge is 2.14. The monoisotopic (exact) mass is 307 g/mol. The van der Waals surface area contributed by atoms with Crippen molar-refractivity contribution in [2.45, 2.75) is 25.8 Å². The average molecular weight is 308 g/mol. The van der Waals surface area contributed by atoms with Crippen molar-refractivity contribution in [3.63, 3.8) is 0 Å². The second-order valence-electron chi connectivity index (χ2n) is 5.59. The van der Waals surface area contributed by atoms with Gasteiger partial charge >= 0.3 is 0 Å². The van der Waals surface area contributed by atoms with Gasteiger partial charge in [0.05, 0.1) is 12.1 Å². The highest BCUT2D eigenvalue weighted by atomic mass is 35.5. The molecular formula is C15H18ClN3O2. The molecule has 1 heterocycles. The summed E-state index contributed by atoms with van der Waals surface area (Å²) in [5, 5.41) is 3.41. The van der Waals surface area contributed by atoms with Crippen molar-refractivity contribution in [2.24, 2.45) is 5.73 Å². The Morgan fingerprint density at radius 3 is 2.67 bits per heavy atom. The summed E-state index contributed by atoms with van der Waals surface area (Å²) < 4.78 is 5.38. The maximum absolute atomic E-state index is 11.8. The number of aromatic nitrogens is 1. The SMILES string of the molecule is CC(C)(N)CNC(=O)Cc1coc(-c2ccc(Cl)cc2)n1. The number of hydrogen-bond donors (Lipinski definition) is 2. The van der Waals surface area contributed by atoms with Crippen LogP contribution in [0, 0.1) is 0 Å². The lowest BCUT2D eigenvalue weighted by atomic mass is 10.1. The van der Waals surface area contributed by atoms with Crippen LogP contribution in [0.25, 0.3) is 11.5 Å². The van der Waals surface area contributed by atoms with Gasteiger partial charge in [-0.3, -0.25) is 4.79 Å². The fourth-order valence-corrected chi connectivity index (χ4v) is 1.79. The minimum atomic E-state index is -0.437. The molecule has 0 spiro atoms. The van der Waals surface area contributed by atoms with Gasteiger partial charge in [0.15, 0.2) is 0 Å². The number of nitrogens with zero attached hydrogens (tertiary/aromatic N) is 1. The third kappa shape index (κ3) is 4.88. The number of halogens is 1. The van der Waals surface area contributed by atoms with E-state index in [4.69, 9.17) is 21.8 Å². The van der Waals surface area contributed by atoms with Crippen LogP contribution < -0.4 is 11.1 Å². The molecule has 0 aliphatic heterocycles. The van der Waals surface area contributed by atoms with Crippen LogP contribution in [0.1, 0.15) is 19.5 Å². The lowest BCUT2D eigenvalue weighted by Gasteiger charge is -2.18. The number of amides is 1. The van der Waals surface area contributed by atoms with E-state index < -0.39 is 5.54 Å². The lowest BCUT2D eigenvalue weighted by molar-refractivity contribution is -0.120. The molecule has 21 heavy (non-hydrogen) atoms. The Labute approximate surface area is 128 Å². The smallest absolute Gasteiger partial charge is 0.226 e. The number of hydrogen-bond acceptors (Lipinski definition) is 4. The molecular weight excluding hydrogens is 290 g/mol. The van der Waals surface area contributed by atoms with Crippen LogP contribution in [0.4, 0.5) is 0 Å². The van der Waals surface area contributed by atoms with Gasteiger partial charge in [0.2, 0.25) is 11.8 Å². The first-order valence-corrected chi connectivity index (χ1v) is 6.97. The molecule has 5 nitrogen and oxygen atoms in total. The molecule has 1 aromatic heterocycles. The first-order chi connectivity index (χ1) is 9.83. The lowest BCUT2D eigenvalue weighted by Crippen LogP contribution is -2.45. The van der Waals surface area contributed by atoms with E-state index >= 15 is 0 Å². The predicted octanol–water partition coefficient (Wildman–Crippen LogP) is 2.39. The Morgan fingerprint density at radius 2 is 2.05 bits per heavy atom. The fraction of sp³-hybridized carbons (Fsp3) is 0.333. The number of rotatable bonds is 5. The van der Waals surface area contributed by atoms with Crippen molar-refractivity contribution in [1.82, 2.24) is 10.3 Å². The van der Waals surface area contributed by atoms with Crippen molar-refractivity contribution < 1.29 is 9.21 Å². The van der Waals surface area contributed by atoms with E-state index in [1.807, 2.05) is 26.0 Å². The van der Waals surface area contributed by atoms with Gasteiger partial charge in [-0.25, -0.2) is 4.98 Å². The molecule has 0 fully saturated rings. The normalized spacial score (nSPS) is 11.4. The number of carbonyl (C=O) groups excluding carboxylic acids is 1. The number of carbonyl (C=O) groups is 1. The van der Waals surface area contributed by atoms with Crippen LogP contribution in [0.2, 0.25) is 5.02 Å². The van der Waals surface area contributed by atoms with E-state index in [1.54, 1.807) is 12.1 Å². The molecule has 0 unspecified atom stereocenters. The molecule has 112 valence electrons. The molecule has 0 saturated heterocycles. The minimum Gasteiger partial charge on any atom is -0.444 e. The quantitative estimate of drug-likeness (QED) is 0.888. The molecule has 2 aromatic rings. The van der Waals surface area contributed by atoms with Crippen molar-refractivity contribution in [1.29, 1.82) is 0 Å². The predicted molar refractivity (Wildman–Crippen MR) is 81.9 cm³/mol. The summed E-state index contributed by atoms with van der Waals surface area (Å²) in [7, 11) is 0. The molecule has 1 aromatic carbocycles. The Kier molecular flexibility index (Phi) is 4.65. The van der Waals surface area contributed by atoms with E-state index in [0.717, 1.165) is 5.56 Å². The third-order valence-electron chi connectivity index (χ3n) is 2.73. The third-order valence-corrected chi connectivity index (χ3v) is 2.98. The number of benzene rings is 1. The maximum atomic E-state index is 11.8. The Hall–Kier alpha value is -1.85. The van der Waals surface area contributed by atoms with Crippen molar-refractivity contribution in [3.8, 4) is 11.5 Å². The van der Waals surface area contributed by atoms with Crippen LogP contribution in [0.3, 0.4) is 0 Å². The molecule has 0 bridgehead atoms. The van der Waals surface area contributed by atoms with Gasteiger partial charge in [-0.05, 0) is 38.1 Å². The molecule has 0 atom stereocenters. The molecule has 6 heteroatoms. The molecule has 0 saturated carbocycles. The van der Waals surface area contributed by atoms with Crippen molar-refractivity contribution >= 4 is 17.5 Å². The fourth-order valence-electron chi connectivity index (χ4n) is 1.67. The van der Waals surface area contributed by atoms with Gasteiger partial charge in [0.25, 0.3) is 0 Å². The van der Waals surface area contributed by atoms with Crippen LogP contribution in [0.15, 0.2) is 34.9 Å². The Bertz CT molecular complexity index is 615. The van der Waals surface area contributed by atoms with Gasteiger partial charge in [-0.15, -0.1) is 0 Å². The molecule has 1 amide bonds. The maximum Gasteiger partial charge on any atom is 0.226 e. The van der Waals surface area contributed by atoms with E-state index in [2.05, 4.69) is 10.3 Å². The zero-order valence-electron chi connectivity index (χ0n) is 12.0. The number of oxazole rings is 1. The van der Waals surface area contributed by atoms with E-state index in [-0.39, 0.29) is 12.3 Å². The van der Waals surface area contributed by atoms with Gasteiger partial charge in [-0.1, -0.05) is 11.6 Å². The first kappa shape index (κ1) is 15.5. The topological polar surface area (TPSA) is 81.1 Å². The summed E-state index contributed by atoms with van der Waals surface area (Å²) in [4.78, 5) is 16.1. The molecule has 3 N–H and O–H groups in total. The molecule has 0 radical (unpaired) electrons. The summed E-state index contributed by atoms with van der Waals surface area (Å²) in [5.41, 5.74) is 6.76. The van der Waals surface area contributed by atoms with Gasteiger partial charge < -0.3 is 15.5 Å². The Balaban J connectivity index is 1.97. The number of nitrogens with two attached hydrogens (primary N) is 1. The standard InChI is InChI=1S/C15H18ClN3O2/c1-15(2,17)9-18-13(20)7-12-8-21-14(19-12)10-3-5-11(16)6-4-10/h3-6,8H,7,9,17H2,1-2H3,(H,18,20). The minimum absolute atomic E-state index is 0.135. The summed E-state index contributed by atoms with van der Waals surface area (Å²) in [6.45, 7) is 4.11. The van der Waals surface area contributed by atoms with Crippen molar-refractivity contribution in [2.75, 3.05) is 6.54 Å². The second kappa shape index (κ2) is 6.28. The van der Waals surface area contributed by atoms with E-state index in [1.165, 1.54) is 6.26 Å². The summed E-state index contributed by atoms with van der Waals surface area (Å²) >= 11 is 5.83. The first-order valence-electron chi connectivity index (χ1n) is 6.59. The highest BCUT2D eigenvalue weighted by Crippen LogP contribution is 2.20. The summed E-state index contributed by atoms with van der Waals surface area (Å²) in [6.07, 6.45) is 1.64. The van der Waals surface area contributed by atoms with Gasteiger partial charge in [0.1, 0.15) is 6.26 Å². The summed E-state index contributed by atoms with van der Waals surface area (Å²) in [5.74, 6) is 0.332. The highest BCUT2D eigenvalue weighted by molar-refractivity contribution is 6.30. The van der Waals surface area contributed by atoms with Crippen LogP contribution in [-0.2, 0) is 11.2 Å². The van der Waals surface area contributed by atoms with Crippen LogP contribution >= 0.6 is 11.6 Å². The zero-order valence-corrected chi connectivity index (χ0v) is 12.8. The molecule has 2 rings (SSSR count). The largest absolute Gasteiger partial charge is 0.444 e. The number of nitrogens with one attached hydrogen (secondary N) is 1. The average Bonchev–Trinajstić information content (AvgIpc) is 2.85. The van der Waals surface area contributed by atoms with Crippen molar-refractivity contribution in [3.05, 3.63) is 41.2 Å². The van der Waals surface area contributed by atoms with Crippen LogP contribution in [0.5, 0.6) is 0 Å². The second-order valence-corrected chi connectivity index (χ2v) is 6.03. The summed E-state index contributed by atoms with van der Waals surface area (Å²) in [6, 6.07) is 7.15.